The van der Waals surface area contributed by atoms with Crippen molar-refractivity contribution >= 4 is 0 Å². The molecule has 94 valence electrons. The van der Waals surface area contributed by atoms with Crippen LogP contribution in [0.3, 0.4) is 0 Å². The lowest BCUT2D eigenvalue weighted by molar-refractivity contribution is -0.0681. The average molecular weight is 227 g/mol. The molecule has 0 spiro atoms. The number of likely N-dealkylation sites (tertiary alicyclic amines) is 1. The van der Waals surface area contributed by atoms with E-state index < -0.39 is 11.3 Å². The van der Waals surface area contributed by atoms with Crippen LogP contribution in [0.5, 0.6) is 0 Å². The van der Waals surface area contributed by atoms with Crippen molar-refractivity contribution in [3.8, 4) is 0 Å². The van der Waals surface area contributed by atoms with Gasteiger partial charge >= 0.3 is 0 Å². The maximum absolute atomic E-state index is 9.71. The van der Waals surface area contributed by atoms with Crippen LogP contribution in [0.1, 0.15) is 40.0 Å². The van der Waals surface area contributed by atoms with E-state index in [9.17, 15) is 5.11 Å². The highest BCUT2D eigenvalue weighted by molar-refractivity contribution is 5.10. The summed E-state index contributed by atoms with van der Waals surface area (Å²) in [4.78, 5) is 2.20. The first-order valence-electron chi connectivity index (χ1n) is 5.98. The van der Waals surface area contributed by atoms with Crippen LogP contribution >= 0.6 is 0 Å². The summed E-state index contributed by atoms with van der Waals surface area (Å²) in [6.45, 7) is 7.26. The SMILES string of the molecule is CCC/C(=C\CC(C)(N)N)N1CC(C)(O)C1. The molecule has 0 aromatic carbocycles. The fourth-order valence-electron chi connectivity index (χ4n) is 1.96. The van der Waals surface area contributed by atoms with Gasteiger partial charge in [0, 0.05) is 18.8 Å². The van der Waals surface area contributed by atoms with E-state index >= 15 is 0 Å². The van der Waals surface area contributed by atoms with Crippen LogP contribution in [0.25, 0.3) is 0 Å². The van der Waals surface area contributed by atoms with Crippen molar-refractivity contribution in [2.24, 2.45) is 11.5 Å². The van der Waals surface area contributed by atoms with Crippen LogP contribution in [0, 0.1) is 0 Å². The second-order valence-corrected chi connectivity index (χ2v) is 5.51. The van der Waals surface area contributed by atoms with Crippen molar-refractivity contribution in [2.45, 2.75) is 51.3 Å². The van der Waals surface area contributed by atoms with Crippen LogP contribution in [0.2, 0.25) is 0 Å². The van der Waals surface area contributed by atoms with E-state index in [1.807, 2.05) is 13.8 Å². The number of hydrogen-bond acceptors (Lipinski definition) is 4. The van der Waals surface area contributed by atoms with Crippen molar-refractivity contribution in [1.29, 1.82) is 0 Å². The molecule has 4 heteroatoms. The number of β-amino-alcohol motifs (C(OH)–C–C–N with tert-alkyl or cyclic N) is 1. The molecule has 1 heterocycles. The van der Waals surface area contributed by atoms with E-state index in [0.717, 1.165) is 12.8 Å². The smallest absolute Gasteiger partial charge is 0.0967 e. The Balaban J connectivity index is 2.55. The highest BCUT2D eigenvalue weighted by atomic mass is 16.3. The third-order valence-electron chi connectivity index (χ3n) is 2.75. The number of hydrogen-bond donors (Lipinski definition) is 3. The molecule has 0 aromatic rings. The summed E-state index contributed by atoms with van der Waals surface area (Å²) < 4.78 is 0. The van der Waals surface area contributed by atoms with Crippen LogP contribution < -0.4 is 11.5 Å². The summed E-state index contributed by atoms with van der Waals surface area (Å²) in [5, 5.41) is 9.71. The molecular formula is C12H25N3O. The van der Waals surface area contributed by atoms with Gasteiger partial charge in [-0.25, -0.2) is 0 Å². The fourth-order valence-corrected chi connectivity index (χ4v) is 1.96. The zero-order valence-corrected chi connectivity index (χ0v) is 10.7. The molecule has 1 rings (SSSR count). The van der Waals surface area contributed by atoms with Gasteiger partial charge in [-0.3, -0.25) is 0 Å². The molecule has 0 amide bonds. The molecule has 5 N–H and O–H groups in total. The Morgan fingerprint density at radius 3 is 2.44 bits per heavy atom. The molecule has 0 aromatic heterocycles. The first-order valence-corrected chi connectivity index (χ1v) is 5.98. The van der Waals surface area contributed by atoms with E-state index in [0.29, 0.717) is 19.5 Å². The summed E-state index contributed by atoms with van der Waals surface area (Å²) in [5.41, 5.74) is 11.6. The van der Waals surface area contributed by atoms with Gasteiger partial charge in [-0.2, -0.15) is 0 Å². The number of nitrogens with two attached hydrogens (primary N) is 2. The van der Waals surface area contributed by atoms with Gasteiger partial charge in [-0.05, 0) is 26.7 Å². The zero-order chi connectivity index (χ0) is 12.4. The highest BCUT2D eigenvalue weighted by Crippen LogP contribution is 2.27. The summed E-state index contributed by atoms with van der Waals surface area (Å²) in [5.74, 6) is 0. The van der Waals surface area contributed by atoms with Crippen molar-refractivity contribution in [3.05, 3.63) is 11.8 Å². The third kappa shape index (κ3) is 4.12. The van der Waals surface area contributed by atoms with E-state index in [4.69, 9.17) is 11.5 Å². The second-order valence-electron chi connectivity index (χ2n) is 5.51. The Morgan fingerprint density at radius 1 is 1.50 bits per heavy atom. The number of aliphatic hydroxyl groups is 1. The Kier molecular flexibility index (Phi) is 3.99. The van der Waals surface area contributed by atoms with Gasteiger partial charge in [0.05, 0.1) is 11.3 Å². The van der Waals surface area contributed by atoms with Gasteiger partial charge in [0.15, 0.2) is 0 Å². The van der Waals surface area contributed by atoms with Gasteiger partial charge in [-0.1, -0.05) is 19.4 Å². The number of allylic oxidation sites excluding steroid dienone is 1. The molecule has 0 unspecified atom stereocenters. The normalized spacial score (nSPS) is 20.9. The summed E-state index contributed by atoms with van der Waals surface area (Å²) in [6.07, 6.45) is 4.89. The minimum Gasteiger partial charge on any atom is -0.386 e. The van der Waals surface area contributed by atoms with Crippen molar-refractivity contribution in [1.82, 2.24) is 4.90 Å². The predicted octanol–water partition coefficient (Wildman–Crippen LogP) is 0.761. The quantitative estimate of drug-likeness (QED) is 0.606. The maximum Gasteiger partial charge on any atom is 0.0967 e. The zero-order valence-electron chi connectivity index (χ0n) is 10.7. The molecule has 0 radical (unpaired) electrons. The Hall–Kier alpha value is -0.580. The van der Waals surface area contributed by atoms with Crippen LogP contribution in [-0.2, 0) is 0 Å². The molecule has 0 atom stereocenters. The molecule has 1 aliphatic heterocycles. The lowest BCUT2D eigenvalue weighted by Gasteiger charge is -2.47. The molecule has 0 aliphatic carbocycles. The van der Waals surface area contributed by atoms with Gasteiger partial charge < -0.3 is 21.5 Å². The molecule has 4 nitrogen and oxygen atoms in total. The van der Waals surface area contributed by atoms with Crippen LogP contribution in [-0.4, -0.2) is 34.4 Å². The molecule has 0 saturated carbocycles. The monoisotopic (exact) mass is 227 g/mol. The van der Waals surface area contributed by atoms with Crippen LogP contribution in [0.15, 0.2) is 11.8 Å². The van der Waals surface area contributed by atoms with E-state index in [1.54, 1.807) is 0 Å². The molecule has 0 bridgehead atoms. The lowest BCUT2D eigenvalue weighted by Crippen LogP contribution is -2.59. The van der Waals surface area contributed by atoms with E-state index in [-0.39, 0.29) is 0 Å². The Labute approximate surface area is 98.3 Å². The third-order valence-corrected chi connectivity index (χ3v) is 2.75. The maximum atomic E-state index is 9.71. The number of rotatable bonds is 5. The standard InChI is InChI=1S/C12H25N3O/c1-4-5-10(6-7-12(3,13)14)15-8-11(2,16)9-15/h6,16H,4-5,7-9,13-14H2,1-3H3/b10-6+. The fraction of sp³-hybridized carbons (Fsp3) is 0.833. The highest BCUT2D eigenvalue weighted by Gasteiger charge is 2.37. The molecule has 1 saturated heterocycles. The summed E-state index contributed by atoms with van der Waals surface area (Å²) in [6, 6.07) is 0. The lowest BCUT2D eigenvalue weighted by atomic mass is 9.94. The predicted molar refractivity (Wildman–Crippen MR) is 66.6 cm³/mol. The molecule has 16 heavy (non-hydrogen) atoms. The van der Waals surface area contributed by atoms with Crippen molar-refractivity contribution < 1.29 is 5.11 Å². The van der Waals surface area contributed by atoms with E-state index in [1.165, 1.54) is 5.70 Å². The summed E-state index contributed by atoms with van der Waals surface area (Å²) in [7, 11) is 0. The van der Waals surface area contributed by atoms with Crippen LogP contribution in [0.4, 0.5) is 0 Å². The Bertz CT molecular complexity index is 258. The first-order chi connectivity index (χ1) is 7.23. The van der Waals surface area contributed by atoms with Crippen molar-refractivity contribution in [3.63, 3.8) is 0 Å². The summed E-state index contributed by atoms with van der Waals surface area (Å²) >= 11 is 0. The minimum absolute atomic E-state index is 0.526. The second kappa shape index (κ2) is 4.73. The molecule has 1 aliphatic rings. The van der Waals surface area contributed by atoms with Gasteiger partial charge in [0.1, 0.15) is 0 Å². The van der Waals surface area contributed by atoms with Crippen molar-refractivity contribution in [2.75, 3.05) is 13.1 Å². The molecular weight excluding hydrogens is 202 g/mol. The van der Waals surface area contributed by atoms with Gasteiger partial charge in [0.2, 0.25) is 0 Å². The number of nitrogens with zero attached hydrogens (tertiary/aromatic N) is 1. The minimum atomic E-state index is -0.646. The average Bonchev–Trinajstić information content (AvgIpc) is 2.06. The largest absolute Gasteiger partial charge is 0.386 e. The van der Waals surface area contributed by atoms with Gasteiger partial charge in [-0.15, -0.1) is 0 Å². The first kappa shape index (κ1) is 13.5. The topological polar surface area (TPSA) is 75.5 Å². The Morgan fingerprint density at radius 2 is 2.06 bits per heavy atom. The molecule has 1 fully saturated rings. The van der Waals surface area contributed by atoms with Gasteiger partial charge in [0.25, 0.3) is 0 Å². The van der Waals surface area contributed by atoms with E-state index in [2.05, 4.69) is 17.9 Å².